The van der Waals surface area contributed by atoms with Crippen LogP contribution >= 0.6 is 0 Å². The van der Waals surface area contributed by atoms with Crippen molar-refractivity contribution in [3.8, 4) is 0 Å². The van der Waals surface area contributed by atoms with Gasteiger partial charge in [0.1, 0.15) is 5.82 Å². The van der Waals surface area contributed by atoms with Crippen LogP contribution in [-0.4, -0.2) is 25.7 Å². The number of hydrogen-bond donors (Lipinski definition) is 2. The van der Waals surface area contributed by atoms with Crippen LogP contribution in [-0.2, 0) is 4.79 Å². The third-order valence-electron chi connectivity index (χ3n) is 4.85. The van der Waals surface area contributed by atoms with Crippen molar-refractivity contribution >= 4 is 22.6 Å². The van der Waals surface area contributed by atoms with Crippen LogP contribution in [0.5, 0.6) is 0 Å². The highest BCUT2D eigenvalue weighted by Crippen LogP contribution is 2.29. The summed E-state index contributed by atoms with van der Waals surface area (Å²) in [7, 11) is 0. The molecule has 2 aromatic carbocycles. The molecule has 0 fully saturated rings. The highest BCUT2D eigenvalue weighted by atomic mass is 16.1. The fraction of sp³-hybridized carbons (Fsp3) is 0.227. The molecule has 0 spiro atoms. The quantitative estimate of drug-likeness (QED) is 0.522. The molecule has 28 heavy (non-hydrogen) atoms. The zero-order valence-electron chi connectivity index (χ0n) is 16.0. The molecule has 142 valence electrons. The zero-order chi connectivity index (χ0) is 19.5. The average Bonchev–Trinajstić information content (AvgIpc) is 3.38. The Morgan fingerprint density at radius 2 is 1.82 bits per heavy atom. The lowest BCUT2D eigenvalue weighted by Crippen LogP contribution is -2.20. The molecule has 1 atom stereocenters. The third-order valence-corrected chi connectivity index (χ3v) is 4.85. The molecule has 0 aliphatic rings. The molecule has 6 heteroatoms. The second-order valence-corrected chi connectivity index (χ2v) is 7.17. The second-order valence-electron chi connectivity index (χ2n) is 7.17. The normalized spacial score (nSPS) is 12.4. The van der Waals surface area contributed by atoms with E-state index in [9.17, 15) is 4.79 Å². The van der Waals surface area contributed by atoms with Crippen molar-refractivity contribution in [1.29, 1.82) is 0 Å². The molecule has 1 amide bonds. The molecule has 6 nitrogen and oxygen atoms in total. The lowest BCUT2D eigenvalue weighted by molar-refractivity contribution is -0.116. The molecule has 2 N–H and O–H groups in total. The molecule has 2 aromatic heterocycles. The van der Waals surface area contributed by atoms with E-state index in [4.69, 9.17) is 0 Å². The fourth-order valence-electron chi connectivity index (χ4n) is 3.41. The smallest absolute Gasteiger partial charge is 0.248 e. The van der Waals surface area contributed by atoms with E-state index in [2.05, 4.69) is 49.3 Å². The molecule has 4 rings (SSSR count). The van der Waals surface area contributed by atoms with Gasteiger partial charge in [-0.15, -0.1) is 5.10 Å². The van der Waals surface area contributed by atoms with Gasteiger partial charge in [0.15, 0.2) is 0 Å². The topological polar surface area (TPSA) is 75.6 Å². The van der Waals surface area contributed by atoms with Gasteiger partial charge in [0, 0.05) is 18.3 Å². The number of aromatic amines is 1. The van der Waals surface area contributed by atoms with Gasteiger partial charge in [-0.1, -0.05) is 56.3 Å². The highest BCUT2D eigenvalue weighted by Gasteiger charge is 2.20. The van der Waals surface area contributed by atoms with Gasteiger partial charge < -0.3 is 4.57 Å². The van der Waals surface area contributed by atoms with Crippen LogP contribution in [0.3, 0.4) is 0 Å². The maximum absolute atomic E-state index is 12.8. The van der Waals surface area contributed by atoms with Gasteiger partial charge in [-0.2, -0.15) is 4.98 Å². The van der Waals surface area contributed by atoms with Crippen molar-refractivity contribution in [2.75, 3.05) is 5.32 Å². The van der Waals surface area contributed by atoms with E-state index in [0.29, 0.717) is 5.95 Å². The number of carbonyl (C=O) groups is 1. The molecule has 0 aliphatic heterocycles. The number of hydrogen-bond acceptors (Lipinski definition) is 3. The van der Waals surface area contributed by atoms with E-state index in [-0.39, 0.29) is 24.3 Å². The Bertz CT molecular complexity index is 1080. The van der Waals surface area contributed by atoms with Crippen LogP contribution in [0.25, 0.3) is 10.8 Å². The summed E-state index contributed by atoms with van der Waals surface area (Å²) in [4.78, 5) is 17.1. The molecule has 0 saturated heterocycles. The summed E-state index contributed by atoms with van der Waals surface area (Å²) in [6, 6.07) is 18.3. The van der Waals surface area contributed by atoms with E-state index in [1.54, 1.807) is 0 Å². The Balaban J connectivity index is 1.63. The molecule has 4 aromatic rings. The van der Waals surface area contributed by atoms with E-state index in [1.807, 2.05) is 56.6 Å². The summed E-state index contributed by atoms with van der Waals surface area (Å²) in [6.45, 7) is 4.05. The van der Waals surface area contributed by atoms with Crippen molar-refractivity contribution in [3.63, 3.8) is 0 Å². The van der Waals surface area contributed by atoms with Gasteiger partial charge in [-0.3, -0.25) is 15.2 Å². The number of nitrogens with one attached hydrogen (secondary N) is 2. The Morgan fingerprint density at radius 3 is 2.57 bits per heavy atom. The molecule has 0 unspecified atom stereocenters. The first-order valence-electron chi connectivity index (χ1n) is 9.44. The number of H-pyrrole nitrogens is 1. The number of nitrogens with zero attached hydrogens (tertiary/aromatic N) is 3. The fourth-order valence-corrected chi connectivity index (χ4v) is 3.41. The molecule has 0 aliphatic carbocycles. The number of anilines is 1. The van der Waals surface area contributed by atoms with Crippen LogP contribution < -0.4 is 5.32 Å². The number of benzene rings is 2. The third kappa shape index (κ3) is 3.67. The summed E-state index contributed by atoms with van der Waals surface area (Å²) in [5.41, 5.74) is 1.11. The summed E-state index contributed by atoms with van der Waals surface area (Å²) >= 11 is 0. The van der Waals surface area contributed by atoms with E-state index >= 15 is 0 Å². The minimum absolute atomic E-state index is 0.121. The lowest BCUT2D eigenvalue weighted by Gasteiger charge is -2.21. The number of amides is 1. The van der Waals surface area contributed by atoms with Crippen molar-refractivity contribution in [1.82, 2.24) is 19.7 Å². The van der Waals surface area contributed by atoms with Crippen molar-refractivity contribution in [2.24, 2.45) is 0 Å². The van der Waals surface area contributed by atoms with Crippen molar-refractivity contribution < 1.29 is 4.79 Å². The minimum atomic E-state index is -0.124. The standard InChI is InChI=1S/C22H23N5O/c1-15(2)21-24-22(26-25-21)23-20(28)14-19(27-12-5-6-13-27)18-11-7-9-16-8-3-4-10-17(16)18/h3-13,15,19H,14H2,1-2H3,(H2,23,24,25,26,28)/t19-/m0/s1. The highest BCUT2D eigenvalue weighted by molar-refractivity contribution is 5.91. The zero-order valence-corrected chi connectivity index (χ0v) is 16.0. The van der Waals surface area contributed by atoms with E-state index in [0.717, 1.165) is 22.2 Å². The predicted octanol–water partition coefficient (Wildman–Crippen LogP) is 4.50. The molecule has 0 bridgehead atoms. The SMILES string of the molecule is CC(C)c1nc(NC(=O)C[C@@H](c2cccc3ccccc23)n2cccc2)n[nH]1. The van der Waals surface area contributed by atoms with Crippen LogP contribution in [0, 0.1) is 0 Å². The Morgan fingerprint density at radius 1 is 1.07 bits per heavy atom. The summed E-state index contributed by atoms with van der Waals surface area (Å²) in [5.74, 6) is 1.17. The van der Waals surface area contributed by atoms with Crippen LogP contribution in [0.2, 0.25) is 0 Å². The second kappa shape index (κ2) is 7.68. The summed E-state index contributed by atoms with van der Waals surface area (Å²) in [6.07, 6.45) is 4.26. The van der Waals surface area contributed by atoms with Gasteiger partial charge in [-0.05, 0) is 28.5 Å². The monoisotopic (exact) mass is 373 g/mol. The number of carbonyl (C=O) groups excluding carboxylic acids is 1. The first kappa shape index (κ1) is 18.0. The van der Waals surface area contributed by atoms with Gasteiger partial charge >= 0.3 is 0 Å². The van der Waals surface area contributed by atoms with Gasteiger partial charge in [0.2, 0.25) is 11.9 Å². The van der Waals surface area contributed by atoms with Gasteiger partial charge in [0.25, 0.3) is 0 Å². The minimum Gasteiger partial charge on any atom is -0.346 e. The molecular formula is C22H23N5O. The summed E-state index contributed by atoms with van der Waals surface area (Å²) in [5, 5.41) is 12.1. The van der Waals surface area contributed by atoms with Gasteiger partial charge in [-0.25, -0.2) is 0 Å². The molecule has 2 heterocycles. The molecule has 0 saturated carbocycles. The largest absolute Gasteiger partial charge is 0.346 e. The van der Waals surface area contributed by atoms with E-state index in [1.165, 1.54) is 0 Å². The Hall–Kier alpha value is -3.41. The number of aromatic nitrogens is 4. The number of fused-ring (bicyclic) bond motifs is 1. The number of rotatable bonds is 6. The van der Waals surface area contributed by atoms with Crippen molar-refractivity contribution in [2.45, 2.75) is 32.2 Å². The van der Waals surface area contributed by atoms with Crippen LogP contribution in [0.1, 0.15) is 43.6 Å². The molecular weight excluding hydrogens is 350 g/mol. The maximum Gasteiger partial charge on any atom is 0.248 e. The Kier molecular flexibility index (Phi) is 4.93. The first-order chi connectivity index (χ1) is 13.6. The predicted molar refractivity (Wildman–Crippen MR) is 110 cm³/mol. The molecule has 0 radical (unpaired) electrons. The van der Waals surface area contributed by atoms with Crippen LogP contribution in [0.15, 0.2) is 67.0 Å². The van der Waals surface area contributed by atoms with Crippen LogP contribution in [0.4, 0.5) is 5.95 Å². The Labute approximate surface area is 163 Å². The first-order valence-corrected chi connectivity index (χ1v) is 9.44. The van der Waals surface area contributed by atoms with Crippen molar-refractivity contribution in [3.05, 3.63) is 78.4 Å². The summed E-state index contributed by atoms with van der Waals surface area (Å²) < 4.78 is 2.07. The van der Waals surface area contributed by atoms with Gasteiger partial charge in [0.05, 0.1) is 12.5 Å². The maximum atomic E-state index is 12.8. The van der Waals surface area contributed by atoms with E-state index < -0.39 is 0 Å². The average molecular weight is 373 g/mol. The lowest BCUT2D eigenvalue weighted by atomic mass is 9.96.